The number of carbonyl (C=O) groups excluding carboxylic acids is 2. The van der Waals surface area contributed by atoms with Crippen LogP contribution in [0.4, 0.5) is 11.4 Å². The van der Waals surface area contributed by atoms with Gasteiger partial charge in [0, 0.05) is 56.9 Å². The molecule has 4 rings (SSSR count). The lowest BCUT2D eigenvalue weighted by molar-refractivity contribution is 0.0792. The number of amides is 2. The highest BCUT2D eigenvalue weighted by atomic mass is 32.2. The number of para-hydroxylation sites is 1. The molecule has 0 unspecified atom stereocenters. The predicted octanol–water partition coefficient (Wildman–Crippen LogP) is 2.41. The van der Waals surface area contributed by atoms with Gasteiger partial charge < -0.3 is 16.0 Å². The minimum atomic E-state index is -3.45. The molecule has 0 bridgehead atoms. The van der Waals surface area contributed by atoms with Crippen molar-refractivity contribution >= 4 is 33.2 Å². The average molecular weight is 523 g/mol. The third-order valence-electron chi connectivity index (χ3n) is 6.35. The van der Waals surface area contributed by atoms with Crippen LogP contribution in [0.1, 0.15) is 50.5 Å². The Morgan fingerprint density at radius 1 is 1.05 bits per heavy atom. The van der Waals surface area contributed by atoms with E-state index in [1.807, 2.05) is 17.0 Å². The Bertz CT molecular complexity index is 1400. The van der Waals surface area contributed by atoms with E-state index < -0.39 is 15.9 Å². The van der Waals surface area contributed by atoms with Crippen molar-refractivity contribution in [3.05, 3.63) is 82.9 Å². The number of aromatic nitrogens is 2. The second kappa shape index (κ2) is 11.0. The number of sulfonamides is 1. The molecule has 0 spiro atoms. The van der Waals surface area contributed by atoms with E-state index >= 15 is 0 Å². The van der Waals surface area contributed by atoms with Crippen molar-refractivity contribution in [2.24, 2.45) is 5.73 Å². The van der Waals surface area contributed by atoms with Crippen molar-refractivity contribution in [3.63, 3.8) is 0 Å². The molecule has 0 radical (unpaired) electrons. The molecule has 194 valence electrons. The Morgan fingerprint density at radius 3 is 2.41 bits per heavy atom. The Balaban J connectivity index is 1.52. The SMILES string of the molecule is CN(c1ccccc1CNc1cc(Cc2ccc(C(=O)N3CCCC3)cn2)ncc1C(N)=O)S(C)(=O)=O. The molecule has 37 heavy (non-hydrogen) atoms. The second-order valence-corrected chi connectivity index (χ2v) is 11.0. The van der Waals surface area contributed by atoms with Gasteiger partial charge in [-0.25, -0.2) is 8.42 Å². The molecule has 0 aliphatic carbocycles. The van der Waals surface area contributed by atoms with Gasteiger partial charge in [-0.05, 0) is 42.7 Å². The molecule has 0 atom stereocenters. The third kappa shape index (κ3) is 6.23. The molecule has 11 heteroatoms. The Kier molecular flexibility index (Phi) is 7.72. The van der Waals surface area contributed by atoms with Crippen LogP contribution in [0.3, 0.4) is 0 Å². The van der Waals surface area contributed by atoms with Gasteiger partial charge in [0.25, 0.3) is 11.8 Å². The molecule has 1 fully saturated rings. The van der Waals surface area contributed by atoms with E-state index in [0.717, 1.165) is 43.4 Å². The first-order valence-corrected chi connectivity index (χ1v) is 13.8. The molecule has 2 amide bonds. The van der Waals surface area contributed by atoms with Gasteiger partial charge in [0.15, 0.2) is 0 Å². The summed E-state index contributed by atoms with van der Waals surface area (Å²) in [4.78, 5) is 35.2. The molecule has 1 aliphatic rings. The fraction of sp³-hybridized carbons (Fsp3) is 0.308. The van der Waals surface area contributed by atoms with Gasteiger partial charge in [0.05, 0.1) is 28.8 Å². The lowest BCUT2D eigenvalue weighted by Gasteiger charge is -2.21. The highest BCUT2D eigenvalue weighted by Crippen LogP contribution is 2.24. The number of likely N-dealkylation sites (tertiary alicyclic amines) is 1. The zero-order valence-electron chi connectivity index (χ0n) is 20.8. The molecule has 3 heterocycles. The first-order chi connectivity index (χ1) is 17.6. The molecule has 0 saturated carbocycles. The molecule has 1 aromatic carbocycles. The minimum Gasteiger partial charge on any atom is -0.380 e. The van der Waals surface area contributed by atoms with Gasteiger partial charge in [-0.3, -0.25) is 23.9 Å². The number of hydrogen-bond donors (Lipinski definition) is 2. The number of nitrogens with one attached hydrogen (secondary N) is 1. The summed E-state index contributed by atoms with van der Waals surface area (Å²) in [7, 11) is -1.96. The number of rotatable bonds is 9. The van der Waals surface area contributed by atoms with E-state index in [9.17, 15) is 18.0 Å². The first kappa shape index (κ1) is 26.1. The van der Waals surface area contributed by atoms with Crippen LogP contribution >= 0.6 is 0 Å². The van der Waals surface area contributed by atoms with Gasteiger partial charge in [-0.15, -0.1) is 0 Å². The number of carbonyl (C=O) groups is 2. The van der Waals surface area contributed by atoms with E-state index in [-0.39, 0.29) is 18.0 Å². The van der Waals surface area contributed by atoms with Crippen molar-refractivity contribution in [2.75, 3.05) is 36.0 Å². The topological polar surface area (TPSA) is 139 Å². The highest BCUT2D eigenvalue weighted by Gasteiger charge is 2.20. The number of nitrogens with two attached hydrogens (primary N) is 1. The smallest absolute Gasteiger partial charge is 0.255 e. The van der Waals surface area contributed by atoms with Crippen LogP contribution in [0, 0.1) is 0 Å². The van der Waals surface area contributed by atoms with E-state index in [2.05, 4.69) is 15.3 Å². The van der Waals surface area contributed by atoms with E-state index in [1.165, 1.54) is 17.5 Å². The summed E-state index contributed by atoms with van der Waals surface area (Å²) in [5.41, 5.74) is 9.45. The summed E-state index contributed by atoms with van der Waals surface area (Å²) >= 11 is 0. The summed E-state index contributed by atoms with van der Waals surface area (Å²) in [5, 5.41) is 3.21. The Labute approximate surface area is 216 Å². The molecule has 3 aromatic rings. The highest BCUT2D eigenvalue weighted by molar-refractivity contribution is 7.92. The monoisotopic (exact) mass is 522 g/mol. The van der Waals surface area contributed by atoms with Crippen molar-refractivity contribution in [3.8, 4) is 0 Å². The molecular formula is C26H30N6O4S. The largest absolute Gasteiger partial charge is 0.380 e. The van der Waals surface area contributed by atoms with Crippen LogP contribution in [-0.4, -0.2) is 61.5 Å². The van der Waals surface area contributed by atoms with Gasteiger partial charge in [-0.1, -0.05) is 18.2 Å². The number of nitrogens with zero attached hydrogens (tertiary/aromatic N) is 4. The maximum atomic E-state index is 12.6. The van der Waals surface area contributed by atoms with Crippen LogP contribution in [0.5, 0.6) is 0 Å². The van der Waals surface area contributed by atoms with Crippen molar-refractivity contribution in [1.29, 1.82) is 0 Å². The second-order valence-electron chi connectivity index (χ2n) is 9.01. The summed E-state index contributed by atoms with van der Waals surface area (Å²) in [6.45, 7) is 1.81. The maximum Gasteiger partial charge on any atom is 0.255 e. The van der Waals surface area contributed by atoms with Gasteiger partial charge >= 0.3 is 0 Å². The standard InChI is InChI=1S/C26H30N6O4S/c1-31(37(2,35)36)24-8-4-3-7-18(24)15-30-23-14-21(29-17-22(23)25(27)33)13-20-10-9-19(16-28-20)26(34)32-11-5-6-12-32/h3-4,7-10,14,16-17H,5-6,11-13,15H2,1-2H3,(H2,27,33)(H,29,30). The summed E-state index contributed by atoms with van der Waals surface area (Å²) in [5.74, 6) is -0.639. The van der Waals surface area contributed by atoms with Crippen LogP contribution < -0.4 is 15.4 Å². The number of primary amides is 1. The average Bonchev–Trinajstić information content (AvgIpc) is 3.42. The molecule has 10 nitrogen and oxygen atoms in total. The van der Waals surface area contributed by atoms with Crippen molar-refractivity contribution < 1.29 is 18.0 Å². The normalized spacial score (nSPS) is 13.4. The van der Waals surface area contributed by atoms with Gasteiger partial charge in [0.1, 0.15) is 0 Å². The summed E-state index contributed by atoms with van der Waals surface area (Å²) in [6, 6.07) is 12.4. The molecule has 1 saturated heterocycles. The number of benzene rings is 1. The lowest BCUT2D eigenvalue weighted by atomic mass is 10.1. The van der Waals surface area contributed by atoms with E-state index in [1.54, 1.807) is 36.5 Å². The van der Waals surface area contributed by atoms with E-state index in [0.29, 0.717) is 29.1 Å². The molecule has 1 aliphatic heterocycles. The van der Waals surface area contributed by atoms with Crippen LogP contribution in [0.25, 0.3) is 0 Å². The van der Waals surface area contributed by atoms with Gasteiger partial charge in [-0.2, -0.15) is 0 Å². The predicted molar refractivity (Wildman–Crippen MR) is 142 cm³/mol. The van der Waals surface area contributed by atoms with Crippen LogP contribution in [0.15, 0.2) is 54.9 Å². The van der Waals surface area contributed by atoms with Crippen LogP contribution in [0.2, 0.25) is 0 Å². The summed E-state index contributed by atoms with van der Waals surface area (Å²) in [6.07, 6.45) is 6.59. The third-order valence-corrected chi connectivity index (χ3v) is 7.54. The molecule has 3 N–H and O–H groups in total. The first-order valence-electron chi connectivity index (χ1n) is 11.9. The number of anilines is 2. The minimum absolute atomic E-state index is 0.00577. The van der Waals surface area contributed by atoms with Crippen molar-refractivity contribution in [1.82, 2.24) is 14.9 Å². The zero-order valence-corrected chi connectivity index (χ0v) is 21.7. The quantitative estimate of drug-likeness (QED) is 0.440. The Morgan fingerprint density at radius 2 is 1.76 bits per heavy atom. The van der Waals surface area contributed by atoms with Crippen LogP contribution in [-0.2, 0) is 23.0 Å². The number of hydrogen-bond acceptors (Lipinski definition) is 7. The Hall–Kier alpha value is -3.99. The number of pyridine rings is 2. The maximum absolute atomic E-state index is 12.6. The molecular weight excluding hydrogens is 492 g/mol. The van der Waals surface area contributed by atoms with Gasteiger partial charge in [0.2, 0.25) is 10.0 Å². The van der Waals surface area contributed by atoms with Crippen molar-refractivity contribution in [2.45, 2.75) is 25.8 Å². The summed E-state index contributed by atoms with van der Waals surface area (Å²) < 4.78 is 25.3. The fourth-order valence-electron chi connectivity index (χ4n) is 4.22. The van der Waals surface area contributed by atoms with E-state index in [4.69, 9.17) is 5.73 Å². The zero-order chi connectivity index (χ0) is 26.6. The lowest BCUT2D eigenvalue weighted by Crippen LogP contribution is -2.27. The fourth-order valence-corrected chi connectivity index (χ4v) is 4.75. The molecule has 2 aromatic heterocycles.